The molecule has 2 aromatic rings. The molecule has 7 heteroatoms. The standard InChI is InChI=1S/C14H9F3NO3/c15-14(16,17)9-1-6-13(12(7-9)18-8-19)21-11-4-2-10(20)3-5-11/h1-7,20H,(H,18,19). The van der Waals surface area contributed by atoms with Crippen LogP contribution >= 0.6 is 0 Å². The summed E-state index contributed by atoms with van der Waals surface area (Å²) in [5.41, 5.74) is -1.08. The third-order valence-electron chi connectivity index (χ3n) is 2.56. The lowest BCUT2D eigenvalue weighted by molar-refractivity contribution is -0.137. The molecule has 0 aliphatic heterocycles. The van der Waals surface area contributed by atoms with Crippen molar-refractivity contribution in [1.29, 1.82) is 0 Å². The number of ether oxygens (including phenoxy) is 1. The molecule has 4 nitrogen and oxygen atoms in total. The van der Waals surface area contributed by atoms with E-state index in [1.807, 2.05) is 5.32 Å². The van der Waals surface area contributed by atoms with Crippen LogP contribution in [0.15, 0.2) is 42.5 Å². The van der Waals surface area contributed by atoms with Crippen LogP contribution in [0.25, 0.3) is 0 Å². The first-order valence-corrected chi connectivity index (χ1v) is 5.71. The van der Waals surface area contributed by atoms with Crippen molar-refractivity contribution in [3.8, 4) is 17.2 Å². The van der Waals surface area contributed by atoms with Crippen LogP contribution < -0.4 is 10.1 Å². The van der Waals surface area contributed by atoms with Crippen molar-refractivity contribution in [2.24, 2.45) is 0 Å². The molecule has 0 aromatic heterocycles. The van der Waals surface area contributed by atoms with Crippen molar-refractivity contribution in [1.82, 2.24) is 0 Å². The van der Waals surface area contributed by atoms with Gasteiger partial charge < -0.3 is 15.2 Å². The van der Waals surface area contributed by atoms with Crippen LogP contribution in [0.1, 0.15) is 5.56 Å². The van der Waals surface area contributed by atoms with Crippen molar-refractivity contribution >= 4 is 12.1 Å². The quantitative estimate of drug-likeness (QED) is 0.846. The van der Waals surface area contributed by atoms with Crippen molar-refractivity contribution in [2.75, 3.05) is 5.32 Å². The molecule has 0 bridgehead atoms. The highest BCUT2D eigenvalue weighted by Gasteiger charge is 2.31. The number of amides is 1. The van der Waals surface area contributed by atoms with Crippen LogP contribution in [0.5, 0.6) is 17.2 Å². The van der Waals surface area contributed by atoms with Gasteiger partial charge in [0, 0.05) is 0 Å². The maximum absolute atomic E-state index is 12.6. The molecule has 2 rings (SSSR count). The second-order valence-electron chi connectivity index (χ2n) is 4.03. The highest BCUT2D eigenvalue weighted by molar-refractivity contribution is 5.76. The minimum absolute atomic E-state index is 0.0225. The number of rotatable bonds is 4. The normalized spacial score (nSPS) is 11.0. The Balaban J connectivity index is 2.34. The summed E-state index contributed by atoms with van der Waals surface area (Å²) in [7, 11) is 0. The van der Waals surface area contributed by atoms with E-state index < -0.39 is 11.7 Å². The summed E-state index contributed by atoms with van der Waals surface area (Å²) < 4.78 is 43.2. The van der Waals surface area contributed by atoms with Crippen molar-refractivity contribution in [2.45, 2.75) is 6.18 Å². The van der Waals surface area contributed by atoms with Crippen LogP contribution in [-0.2, 0) is 11.0 Å². The topological polar surface area (TPSA) is 58.6 Å². The molecule has 0 spiro atoms. The summed E-state index contributed by atoms with van der Waals surface area (Å²) in [6.45, 7) is 0. The Morgan fingerprint density at radius 3 is 2.33 bits per heavy atom. The van der Waals surface area contributed by atoms with E-state index in [1.54, 1.807) is 0 Å². The number of carbonyl (C=O) groups excluding carboxylic acids is 1. The van der Waals surface area contributed by atoms with Gasteiger partial charge in [-0.15, -0.1) is 0 Å². The van der Waals surface area contributed by atoms with E-state index in [9.17, 15) is 18.0 Å². The predicted molar refractivity (Wildman–Crippen MR) is 68.9 cm³/mol. The van der Waals surface area contributed by atoms with Gasteiger partial charge >= 0.3 is 12.6 Å². The average Bonchev–Trinajstić information content (AvgIpc) is 2.42. The highest BCUT2D eigenvalue weighted by Crippen LogP contribution is 2.36. The molecule has 2 aromatic carbocycles. The largest absolute Gasteiger partial charge is 0.508 e. The zero-order valence-corrected chi connectivity index (χ0v) is 10.4. The number of halogens is 3. The molecule has 2 N–H and O–H groups in total. The van der Waals surface area contributed by atoms with Gasteiger partial charge in [0.05, 0.1) is 11.3 Å². The molecule has 0 fully saturated rings. The second kappa shape index (κ2) is 5.74. The predicted octanol–water partition coefficient (Wildman–Crippen LogP) is 3.68. The van der Waals surface area contributed by atoms with Crippen molar-refractivity contribution in [3.05, 3.63) is 48.0 Å². The van der Waals surface area contributed by atoms with E-state index >= 15 is 0 Å². The number of nitrogens with one attached hydrogen (secondary N) is 1. The number of anilines is 1. The SMILES string of the molecule is O=[C]Nc1cc(C(F)(F)F)ccc1Oc1ccc(O)cc1. The summed E-state index contributed by atoms with van der Waals surface area (Å²) in [5.74, 6) is 0.341. The van der Waals surface area contributed by atoms with Crippen LogP contribution in [-0.4, -0.2) is 11.5 Å². The molecule has 0 atom stereocenters. The van der Waals surface area contributed by atoms with E-state index in [-0.39, 0.29) is 17.2 Å². The lowest BCUT2D eigenvalue weighted by Gasteiger charge is -2.13. The van der Waals surface area contributed by atoms with Crippen molar-refractivity contribution in [3.63, 3.8) is 0 Å². The highest BCUT2D eigenvalue weighted by atomic mass is 19.4. The third kappa shape index (κ3) is 3.65. The molecule has 21 heavy (non-hydrogen) atoms. The number of phenols is 1. The summed E-state index contributed by atoms with van der Waals surface area (Å²) in [6.07, 6.45) is -3.22. The van der Waals surface area contributed by atoms with E-state index in [4.69, 9.17) is 9.84 Å². The molecular weight excluding hydrogens is 287 g/mol. The van der Waals surface area contributed by atoms with Crippen LogP contribution in [0.4, 0.5) is 18.9 Å². The average molecular weight is 296 g/mol. The van der Waals surface area contributed by atoms with Gasteiger partial charge in [0.1, 0.15) is 11.5 Å². The van der Waals surface area contributed by atoms with E-state index in [0.717, 1.165) is 18.2 Å². The molecule has 1 radical (unpaired) electrons. The van der Waals surface area contributed by atoms with Gasteiger partial charge in [0.2, 0.25) is 0 Å². The Bertz CT molecular complexity index is 639. The summed E-state index contributed by atoms with van der Waals surface area (Å²) >= 11 is 0. The summed E-state index contributed by atoms with van der Waals surface area (Å²) in [6, 6.07) is 8.27. The third-order valence-corrected chi connectivity index (χ3v) is 2.56. The lowest BCUT2D eigenvalue weighted by atomic mass is 10.2. The maximum atomic E-state index is 12.6. The minimum atomic E-state index is -4.53. The minimum Gasteiger partial charge on any atom is -0.508 e. The lowest BCUT2D eigenvalue weighted by Crippen LogP contribution is -2.06. The molecule has 0 saturated heterocycles. The van der Waals surface area contributed by atoms with Crippen LogP contribution in [0.2, 0.25) is 0 Å². The molecule has 0 saturated carbocycles. The summed E-state index contributed by atoms with van der Waals surface area (Å²) in [4.78, 5) is 10.4. The molecule has 0 aliphatic carbocycles. The number of aromatic hydroxyl groups is 1. The Kier molecular flexibility index (Phi) is 4.02. The Morgan fingerprint density at radius 1 is 1.10 bits per heavy atom. The van der Waals surface area contributed by atoms with E-state index in [2.05, 4.69) is 0 Å². The van der Waals surface area contributed by atoms with Gasteiger partial charge in [-0.1, -0.05) is 0 Å². The number of alkyl halides is 3. The first-order valence-electron chi connectivity index (χ1n) is 5.71. The Hall–Kier alpha value is -2.70. The Labute approximate surface area is 117 Å². The number of phenolic OH excluding ortho intramolecular Hbond substituents is 1. The monoisotopic (exact) mass is 296 g/mol. The fourth-order valence-corrected chi connectivity index (χ4v) is 1.59. The fourth-order valence-electron chi connectivity index (χ4n) is 1.59. The number of hydrogen-bond donors (Lipinski definition) is 2. The van der Waals surface area contributed by atoms with Gasteiger partial charge in [-0.25, -0.2) is 0 Å². The van der Waals surface area contributed by atoms with Gasteiger partial charge in [-0.3, -0.25) is 4.79 Å². The van der Waals surface area contributed by atoms with Gasteiger partial charge in [0.25, 0.3) is 0 Å². The van der Waals surface area contributed by atoms with Crippen LogP contribution in [0.3, 0.4) is 0 Å². The van der Waals surface area contributed by atoms with Crippen molar-refractivity contribution < 1.29 is 27.8 Å². The molecule has 0 unspecified atom stereocenters. The summed E-state index contributed by atoms with van der Waals surface area (Å²) in [5, 5.41) is 11.2. The smallest absolute Gasteiger partial charge is 0.416 e. The maximum Gasteiger partial charge on any atom is 0.416 e. The zero-order valence-electron chi connectivity index (χ0n) is 10.4. The van der Waals surface area contributed by atoms with E-state index in [1.165, 1.54) is 30.7 Å². The first-order chi connectivity index (χ1) is 9.90. The van der Waals surface area contributed by atoms with Gasteiger partial charge in [-0.2, -0.15) is 13.2 Å². The molecule has 0 aliphatic rings. The van der Waals surface area contributed by atoms with Gasteiger partial charge in [-0.05, 0) is 42.5 Å². The first kappa shape index (κ1) is 14.7. The van der Waals surface area contributed by atoms with E-state index in [0.29, 0.717) is 5.75 Å². The Morgan fingerprint density at radius 2 is 1.76 bits per heavy atom. The zero-order chi connectivity index (χ0) is 15.5. The number of hydrogen-bond acceptors (Lipinski definition) is 3. The molecule has 0 heterocycles. The molecule has 109 valence electrons. The molecular formula is C14H9F3NO3. The fraction of sp³-hybridized carbons (Fsp3) is 0.0714. The second-order valence-corrected chi connectivity index (χ2v) is 4.03. The molecule has 1 amide bonds. The van der Waals surface area contributed by atoms with Gasteiger partial charge in [0.15, 0.2) is 5.75 Å². The van der Waals surface area contributed by atoms with Crippen LogP contribution in [0, 0.1) is 0 Å². The number of benzene rings is 2.